The van der Waals surface area contributed by atoms with Gasteiger partial charge in [-0.1, -0.05) is 31.2 Å². The zero-order valence-electron chi connectivity index (χ0n) is 12.7. The minimum absolute atomic E-state index is 0.0925. The van der Waals surface area contributed by atoms with Crippen LogP contribution in [-0.2, 0) is 16.0 Å². The highest BCUT2D eigenvalue weighted by Gasteiger charge is 2.30. The maximum atomic E-state index is 12.5. The summed E-state index contributed by atoms with van der Waals surface area (Å²) < 4.78 is 5.41. The van der Waals surface area contributed by atoms with Crippen LogP contribution in [0, 0.1) is 5.41 Å². The van der Waals surface area contributed by atoms with E-state index in [1.54, 1.807) is 0 Å². The van der Waals surface area contributed by atoms with E-state index in [4.69, 9.17) is 4.74 Å². The first kappa shape index (κ1) is 14.5. The molecule has 1 aromatic carbocycles. The lowest BCUT2D eigenvalue weighted by Crippen LogP contribution is -2.45. The number of carbonyl (C=O) groups excluding carboxylic acids is 1. The molecule has 114 valence electrons. The number of amides is 1. The first-order valence-corrected chi connectivity index (χ1v) is 7.85. The van der Waals surface area contributed by atoms with E-state index >= 15 is 0 Å². The molecule has 1 atom stereocenters. The summed E-state index contributed by atoms with van der Waals surface area (Å²) in [7, 11) is 0. The normalized spacial score (nSPS) is 24.1. The van der Waals surface area contributed by atoms with Gasteiger partial charge >= 0.3 is 0 Å². The van der Waals surface area contributed by atoms with Crippen molar-refractivity contribution in [1.82, 2.24) is 10.6 Å². The van der Waals surface area contributed by atoms with Gasteiger partial charge in [-0.2, -0.15) is 0 Å². The van der Waals surface area contributed by atoms with E-state index in [-0.39, 0.29) is 17.4 Å². The fraction of sp³-hybridized carbons (Fsp3) is 0.588. The van der Waals surface area contributed by atoms with Crippen LogP contribution in [0.2, 0.25) is 0 Å². The summed E-state index contributed by atoms with van der Waals surface area (Å²) >= 11 is 0. The van der Waals surface area contributed by atoms with E-state index in [2.05, 4.69) is 29.7 Å². The summed E-state index contributed by atoms with van der Waals surface area (Å²) in [5.41, 5.74) is 2.58. The Morgan fingerprint density at radius 2 is 2.14 bits per heavy atom. The number of fused-ring (bicyclic) bond motifs is 1. The van der Waals surface area contributed by atoms with E-state index < -0.39 is 0 Å². The Bertz CT molecular complexity index is 509. The molecule has 4 nitrogen and oxygen atoms in total. The van der Waals surface area contributed by atoms with Gasteiger partial charge in [-0.3, -0.25) is 4.79 Å². The quantitative estimate of drug-likeness (QED) is 0.892. The third-order valence-corrected chi connectivity index (χ3v) is 4.76. The van der Waals surface area contributed by atoms with Crippen molar-refractivity contribution in [3.63, 3.8) is 0 Å². The van der Waals surface area contributed by atoms with Crippen LogP contribution in [0.1, 0.15) is 36.9 Å². The number of benzene rings is 1. The SMILES string of the molecule is CC1(CNC(=O)C2NCCc3ccccc32)CCOCC1. The van der Waals surface area contributed by atoms with Gasteiger partial charge in [0.1, 0.15) is 6.04 Å². The van der Waals surface area contributed by atoms with Gasteiger partial charge in [-0.05, 0) is 35.8 Å². The molecular formula is C17H24N2O2. The van der Waals surface area contributed by atoms with E-state index in [1.165, 1.54) is 5.56 Å². The first-order chi connectivity index (χ1) is 10.2. The van der Waals surface area contributed by atoms with Gasteiger partial charge in [0.25, 0.3) is 0 Å². The van der Waals surface area contributed by atoms with Crippen molar-refractivity contribution < 1.29 is 9.53 Å². The van der Waals surface area contributed by atoms with Crippen LogP contribution in [0.15, 0.2) is 24.3 Å². The molecule has 0 bridgehead atoms. The van der Waals surface area contributed by atoms with Crippen molar-refractivity contribution in [3.05, 3.63) is 35.4 Å². The summed E-state index contributed by atoms with van der Waals surface area (Å²) in [4.78, 5) is 12.5. The third kappa shape index (κ3) is 3.27. The number of hydrogen-bond acceptors (Lipinski definition) is 3. The lowest BCUT2D eigenvalue weighted by molar-refractivity contribution is -0.124. The Morgan fingerprint density at radius 1 is 1.38 bits per heavy atom. The highest BCUT2D eigenvalue weighted by Crippen LogP contribution is 2.29. The van der Waals surface area contributed by atoms with Crippen molar-refractivity contribution in [3.8, 4) is 0 Å². The Hall–Kier alpha value is -1.39. The summed E-state index contributed by atoms with van der Waals surface area (Å²) in [6, 6.07) is 8.02. The molecule has 0 radical (unpaired) electrons. The molecule has 1 amide bonds. The number of rotatable bonds is 3. The van der Waals surface area contributed by atoms with Crippen molar-refractivity contribution >= 4 is 5.91 Å². The zero-order chi connectivity index (χ0) is 14.7. The van der Waals surface area contributed by atoms with Gasteiger partial charge in [0.2, 0.25) is 5.91 Å². The van der Waals surface area contributed by atoms with Crippen molar-refractivity contribution in [2.45, 2.75) is 32.2 Å². The molecule has 1 unspecified atom stereocenters. The van der Waals surface area contributed by atoms with Crippen LogP contribution in [0.25, 0.3) is 0 Å². The molecule has 3 rings (SSSR count). The predicted molar refractivity (Wildman–Crippen MR) is 82.1 cm³/mol. The smallest absolute Gasteiger partial charge is 0.241 e. The third-order valence-electron chi connectivity index (χ3n) is 4.76. The van der Waals surface area contributed by atoms with Crippen molar-refractivity contribution in [2.24, 2.45) is 5.41 Å². The molecule has 2 aliphatic rings. The lowest BCUT2D eigenvalue weighted by atomic mass is 9.82. The fourth-order valence-electron chi connectivity index (χ4n) is 3.18. The summed E-state index contributed by atoms with van der Waals surface area (Å²) in [6.07, 6.45) is 3.03. The molecule has 1 aromatic rings. The van der Waals surface area contributed by atoms with Crippen LogP contribution in [-0.4, -0.2) is 32.2 Å². The van der Waals surface area contributed by atoms with Crippen LogP contribution < -0.4 is 10.6 Å². The van der Waals surface area contributed by atoms with Crippen LogP contribution in [0.3, 0.4) is 0 Å². The number of nitrogens with one attached hydrogen (secondary N) is 2. The molecule has 21 heavy (non-hydrogen) atoms. The average Bonchev–Trinajstić information content (AvgIpc) is 2.53. The second-order valence-electron chi connectivity index (χ2n) is 6.48. The minimum Gasteiger partial charge on any atom is -0.381 e. The molecule has 0 aliphatic carbocycles. The second kappa shape index (κ2) is 6.16. The predicted octanol–water partition coefficient (Wildman–Crippen LogP) is 1.81. The van der Waals surface area contributed by atoms with Gasteiger partial charge in [0, 0.05) is 26.3 Å². The van der Waals surface area contributed by atoms with Gasteiger partial charge < -0.3 is 15.4 Å². The molecule has 2 heterocycles. The Kier molecular flexibility index (Phi) is 4.27. The molecular weight excluding hydrogens is 264 g/mol. The fourth-order valence-corrected chi connectivity index (χ4v) is 3.18. The second-order valence-corrected chi connectivity index (χ2v) is 6.48. The summed E-state index contributed by atoms with van der Waals surface area (Å²) in [5.74, 6) is 0.0925. The van der Waals surface area contributed by atoms with E-state index in [1.807, 2.05) is 12.1 Å². The van der Waals surface area contributed by atoms with E-state index in [9.17, 15) is 4.79 Å². The first-order valence-electron chi connectivity index (χ1n) is 7.85. The monoisotopic (exact) mass is 288 g/mol. The maximum absolute atomic E-state index is 12.5. The Balaban J connectivity index is 1.64. The molecule has 4 heteroatoms. The average molecular weight is 288 g/mol. The minimum atomic E-state index is -0.210. The number of ether oxygens (including phenoxy) is 1. The lowest BCUT2D eigenvalue weighted by Gasteiger charge is -2.34. The van der Waals surface area contributed by atoms with Crippen LogP contribution in [0.4, 0.5) is 0 Å². The van der Waals surface area contributed by atoms with Gasteiger partial charge in [-0.25, -0.2) is 0 Å². The molecule has 1 fully saturated rings. The van der Waals surface area contributed by atoms with E-state index in [0.717, 1.165) is 51.1 Å². The van der Waals surface area contributed by atoms with Crippen molar-refractivity contribution in [2.75, 3.05) is 26.3 Å². The molecule has 0 saturated carbocycles. The topological polar surface area (TPSA) is 50.4 Å². The van der Waals surface area contributed by atoms with E-state index in [0.29, 0.717) is 0 Å². The zero-order valence-corrected chi connectivity index (χ0v) is 12.7. The Labute approximate surface area is 126 Å². The van der Waals surface area contributed by atoms with Gasteiger partial charge in [0.05, 0.1) is 0 Å². The van der Waals surface area contributed by atoms with Gasteiger partial charge in [0.15, 0.2) is 0 Å². The highest BCUT2D eigenvalue weighted by atomic mass is 16.5. The number of hydrogen-bond donors (Lipinski definition) is 2. The molecule has 0 spiro atoms. The summed E-state index contributed by atoms with van der Waals surface area (Å²) in [6.45, 7) is 5.43. The number of carbonyl (C=O) groups is 1. The molecule has 2 aliphatic heterocycles. The van der Waals surface area contributed by atoms with Crippen LogP contribution >= 0.6 is 0 Å². The Morgan fingerprint density at radius 3 is 2.95 bits per heavy atom. The molecule has 0 aromatic heterocycles. The maximum Gasteiger partial charge on any atom is 0.241 e. The highest BCUT2D eigenvalue weighted by molar-refractivity contribution is 5.84. The molecule has 1 saturated heterocycles. The largest absolute Gasteiger partial charge is 0.381 e. The molecule has 2 N–H and O–H groups in total. The summed E-state index contributed by atoms with van der Waals surface area (Å²) in [5, 5.41) is 6.49. The van der Waals surface area contributed by atoms with Crippen molar-refractivity contribution in [1.29, 1.82) is 0 Å². The standard InChI is InChI=1S/C17H24N2O2/c1-17(7-10-21-11-8-17)12-19-16(20)15-14-5-3-2-4-13(14)6-9-18-15/h2-5,15,18H,6-12H2,1H3,(H,19,20). The van der Waals surface area contributed by atoms with Crippen LogP contribution in [0.5, 0.6) is 0 Å². The van der Waals surface area contributed by atoms with Gasteiger partial charge in [-0.15, -0.1) is 0 Å².